The molecular formula is C12H16F3NO. The van der Waals surface area contributed by atoms with Gasteiger partial charge in [-0.2, -0.15) is 13.2 Å². The Morgan fingerprint density at radius 1 is 1.41 bits per heavy atom. The van der Waals surface area contributed by atoms with Crippen LogP contribution in [0.25, 0.3) is 0 Å². The van der Waals surface area contributed by atoms with Gasteiger partial charge in [0.05, 0.1) is 0 Å². The lowest BCUT2D eigenvalue weighted by molar-refractivity contribution is -0.0885. The van der Waals surface area contributed by atoms with E-state index in [1.807, 2.05) is 0 Å². The van der Waals surface area contributed by atoms with Crippen molar-refractivity contribution in [3.63, 3.8) is 0 Å². The molecular weight excluding hydrogens is 231 g/mol. The van der Waals surface area contributed by atoms with E-state index in [0.29, 0.717) is 12.5 Å². The molecule has 0 spiro atoms. The molecule has 0 atom stereocenters. The van der Waals surface area contributed by atoms with Gasteiger partial charge in [-0.25, -0.2) is 0 Å². The second-order valence-electron chi connectivity index (χ2n) is 4.50. The van der Waals surface area contributed by atoms with Crippen LogP contribution in [0.3, 0.4) is 0 Å². The van der Waals surface area contributed by atoms with E-state index in [2.05, 4.69) is 13.8 Å². The zero-order valence-corrected chi connectivity index (χ0v) is 9.92. The Kier molecular flexibility index (Phi) is 4.37. The molecule has 0 amide bonds. The molecule has 5 heteroatoms. The first-order chi connectivity index (χ1) is 7.80. The van der Waals surface area contributed by atoms with Gasteiger partial charge >= 0.3 is 6.18 Å². The van der Waals surface area contributed by atoms with Crippen LogP contribution < -0.4 is 0 Å². The van der Waals surface area contributed by atoms with Gasteiger partial charge in [0.1, 0.15) is 0 Å². The van der Waals surface area contributed by atoms with Gasteiger partial charge in [0.2, 0.25) is 0 Å². The minimum absolute atomic E-state index is 0.290. The van der Waals surface area contributed by atoms with Gasteiger partial charge in [-0.1, -0.05) is 13.8 Å². The maximum atomic E-state index is 12.1. The number of Topliss-reactive ketones (excluding diaryl/α,β-unsaturated/α-hetero) is 1. The zero-order chi connectivity index (χ0) is 13.1. The molecule has 17 heavy (non-hydrogen) atoms. The van der Waals surface area contributed by atoms with Crippen molar-refractivity contribution in [2.75, 3.05) is 0 Å². The zero-order valence-electron chi connectivity index (χ0n) is 9.92. The quantitative estimate of drug-likeness (QED) is 0.728. The predicted molar refractivity (Wildman–Crippen MR) is 58.9 cm³/mol. The minimum Gasteiger partial charge on any atom is -0.354 e. The summed E-state index contributed by atoms with van der Waals surface area (Å²) in [5.41, 5.74) is -0.290. The number of halogens is 3. The maximum absolute atomic E-state index is 12.1. The number of carbonyl (C=O) groups is 1. The Hall–Kier alpha value is -1.26. The van der Waals surface area contributed by atoms with E-state index in [1.165, 1.54) is 18.5 Å². The summed E-state index contributed by atoms with van der Waals surface area (Å²) in [6.45, 7) is 4.83. The molecule has 0 aromatic carbocycles. The van der Waals surface area contributed by atoms with Crippen LogP contribution in [-0.2, 0) is 6.54 Å². The van der Waals surface area contributed by atoms with E-state index in [-0.39, 0.29) is 5.56 Å². The molecule has 96 valence electrons. The summed E-state index contributed by atoms with van der Waals surface area (Å²) in [5, 5.41) is 0. The molecule has 0 fully saturated rings. The summed E-state index contributed by atoms with van der Waals surface area (Å²) in [4.78, 5) is 10.9. The van der Waals surface area contributed by atoms with Gasteiger partial charge in [-0.3, -0.25) is 4.79 Å². The van der Waals surface area contributed by atoms with E-state index in [9.17, 15) is 18.0 Å². The highest BCUT2D eigenvalue weighted by Gasteiger charge is 2.39. The van der Waals surface area contributed by atoms with Crippen LogP contribution in [-0.4, -0.2) is 16.5 Å². The second kappa shape index (κ2) is 5.38. The summed E-state index contributed by atoms with van der Waals surface area (Å²) >= 11 is 0. The van der Waals surface area contributed by atoms with Crippen LogP contribution in [0.5, 0.6) is 0 Å². The van der Waals surface area contributed by atoms with Crippen LogP contribution >= 0.6 is 0 Å². The first-order valence-electron chi connectivity index (χ1n) is 5.58. The molecule has 1 aromatic rings. The fourth-order valence-electron chi connectivity index (χ4n) is 1.56. The van der Waals surface area contributed by atoms with Crippen molar-refractivity contribution in [1.82, 2.24) is 4.57 Å². The average Bonchev–Trinajstić information content (AvgIpc) is 2.63. The molecule has 0 radical (unpaired) electrons. The standard InChI is InChI=1S/C12H16F3NO/c1-9(2)4-3-6-16-7-5-10(8-16)11(17)12(13,14)15/h5,7-9H,3-4,6H2,1-2H3. The van der Waals surface area contributed by atoms with Crippen LogP contribution in [0.15, 0.2) is 18.5 Å². The largest absolute Gasteiger partial charge is 0.454 e. The number of hydrogen-bond donors (Lipinski definition) is 0. The Morgan fingerprint density at radius 3 is 2.59 bits per heavy atom. The van der Waals surface area contributed by atoms with Gasteiger partial charge in [-0.15, -0.1) is 0 Å². The molecule has 2 nitrogen and oxygen atoms in total. The molecule has 0 unspecified atom stereocenters. The van der Waals surface area contributed by atoms with Crippen molar-refractivity contribution in [3.05, 3.63) is 24.0 Å². The fraction of sp³-hybridized carbons (Fsp3) is 0.583. The number of carbonyl (C=O) groups excluding carboxylic acids is 1. The summed E-state index contributed by atoms with van der Waals surface area (Å²) in [6, 6.07) is 1.21. The second-order valence-corrected chi connectivity index (χ2v) is 4.50. The van der Waals surface area contributed by atoms with Crippen LogP contribution in [0.1, 0.15) is 37.0 Å². The number of aryl methyl sites for hydroxylation is 1. The lowest BCUT2D eigenvalue weighted by atomic mass is 10.1. The molecule has 0 bridgehead atoms. The Labute approximate surface area is 98.4 Å². The van der Waals surface area contributed by atoms with Gasteiger partial charge in [0.15, 0.2) is 0 Å². The normalized spacial score (nSPS) is 12.1. The summed E-state index contributed by atoms with van der Waals surface area (Å²) in [7, 11) is 0. The fourth-order valence-corrected chi connectivity index (χ4v) is 1.56. The first-order valence-corrected chi connectivity index (χ1v) is 5.58. The predicted octanol–water partition coefficient (Wildman–Crippen LogP) is 3.67. The summed E-state index contributed by atoms with van der Waals surface area (Å²) in [5.74, 6) is -1.21. The molecule has 0 aliphatic carbocycles. The number of ketones is 1. The highest BCUT2D eigenvalue weighted by Crippen LogP contribution is 2.21. The summed E-state index contributed by atoms with van der Waals surface area (Å²) < 4.78 is 38.1. The van der Waals surface area contributed by atoms with Crippen LogP contribution in [0.2, 0.25) is 0 Å². The van der Waals surface area contributed by atoms with Crippen molar-refractivity contribution in [2.24, 2.45) is 5.92 Å². The van der Waals surface area contributed by atoms with Gasteiger partial charge in [0.25, 0.3) is 5.78 Å². The van der Waals surface area contributed by atoms with E-state index < -0.39 is 12.0 Å². The minimum atomic E-state index is -4.79. The third-order valence-corrected chi connectivity index (χ3v) is 2.47. The van der Waals surface area contributed by atoms with Crippen molar-refractivity contribution in [3.8, 4) is 0 Å². The lowest BCUT2D eigenvalue weighted by Crippen LogP contribution is -2.22. The first kappa shape index (κ1) is 13.8. The van der Waals surface area contributed by atoms with Crippen molar-refractivity contribution < 1.29 is 18.0 Å². The molecule has 1 aromatic heterocycles. The number of alkyl halides is 3. The average molecular weight is 247 g/mol. The molecule has 0 saturated carbocycles. The number of nitrogens with zero attached hydrogens (tertiary/aromatic N) is 1. The molecule has 0 aliphatic heterocycles. The third kappa shape index (κ3) is 4.24. The lowest BCUT2D eigenvalue weighted by Gasteiger charge is -2.05. The Bertz CT molecular complexity index is 379. The van der Waals surface area contributed by atoms with Crippen molar-refractivity contribution in [1.29, 1.82) is 0 Å². The topological polar surface area (TPSA) is 22.0 Å². The van der Waals surface area contributed by atoms with E-state index in [4.69, 9.17) is 0 Å². The van der Waals surface area contributed by atoms with E-state index in [0.717, 1.165) is 12.8 Å². The SMILES string of the molecule is CC(C)CCCn1ccc(C(=O)C(F)(F)F)c1. The van der Waals surface area contributed by atoms with Crippen molar-refractivity contribution >= 4 is 5.78 Å². The third-order valence-electron chi connectivity index (χ3n) is 2.47. The Morgan fingerprint density at radius 2 is 2.06 bits per heavy atom. The molecule has 1 heterocycles. The number of rotatable bonds is 5. The molecule has 0 saturated heterocycles. The molecule has 0 aliphatic rings. The highest BCUT2D eigenvalue weighted by molar-refractivity contribution is 6.00. The van der Waals surface area contributed by atoms with Crippen LogP contribution in [0.4, 0.5) is 13.2 Å². The number of hydrogen-bond acceptors (Lipinski definition) is 1. The summed E-state index contributed by atoms with van der Waals surface area (Å²) in [6.07, 6.45) is -0.105. The van der Waals surface area contributed by atoms with Gasteiger partial charge < -0.3 is 4.57 Å². The maximum Gasteiger partial charge on any atom is 0.454 e. The van der Waals surface area contributed by atoms with Crippen LogP contribution in [0, 0.1) is 5.92 Å². The highest BCUT2D eigenvalue weighted by atomic mass is 19.4. The van der Waals surface area contributed by atoms with Gasteiger partial charge in [0, 0.05) is 24.5 Å². The van der Waals surface area contributed by atoms with E-state index in [1.54, 1.807) is 4.57 Å². The molecule has 1 rings (SSSR count). The number of aromatic nitrogens is 1. The molecule has 0 N–H and O–H groups in total. The smallest absolute Gasteiger partial charge is 0.354 e. The van der Waals surface area contributed by atoms with Crippen molar-refractivity contribution in [2.45, 2.75) is 39.4 Å². The Balaban J connectivity index is 2.57. The van der Waals surface area contributed by atoms with Gasteiger partial charge in [-0.05, 0) is 24.8 Å². The van der Waals surface area contributed by atoms with E-state index >= 15 is 0 Å². The monoisotopic (exact) mass is 247 g/mol.